The third kappa shape index (κ3) is 3.37. The van der Waals surface area contributed by atoms with Crippen LogP contribution in [0.25, 0.3) is 11.3 Å². The molecule has 21 heavy (non-hydrogen) atoms. The number of hydrogen-bond donors (Lipinski definition) is 1. The van der Waals surface area contributed by atoms with Crippen LogP contribution in [0.5, 0.6) is 0 Å². The summed E-state index contributed by atoms with van der Waals surface area (Å²) < 4.78 is 4.69. The van der Waals surface area contributed by atoms with Crippen LogP contribution in [-0.2, 0) is 4.74 Å². The molecule has 1 fully saturated rings. The smallest absolute Gasteiger partial charge is 0.337 e. The summed E-state index contributed by atoms with van der Waals surface area (Å²) in [5.41, 5.74) is 2.31. The predicted octanol–water partition coefficient (Wildman–Crippen LogP) is 2.75. The maximum absolute atomic E-state index is 11.4. The zero-order valence-electron chi connectivity index (χ0n) is 11.9. The van der Waals surface area contributed by atoms with Gasteiger partial charge < -0.3 is 10.1 Å². The van der Waals surface area contributed by atoms with E-state index in [1.54, 1.807) is 18.5 Å². The van der Waals surface area contributed by atoms with Gasteiger partial charge in [0.15, 0.2) is 0 Å². The fraction of sp³-hybridized carbons (Fsp3) is 0.312. The summed E-state index contributed by atoms with van der Waals surface area (Å²) in [6, 6.07) is 9.12. The topological polar surface area (TPSA) is 64.1 Å². The quantitative estimate of drug-likeness (QED) is 0.855. The van der Waals surface area contributed by atoms with Crippen LogP contribution in [0.15, 0.2) is 36.7 Å². The number of ether oxygens (including phenoxy) is 1. The van der Waals surface area contributed by atoms with Crippen molar-refractivity contribution < 1.29 is 9.53 Å². The van der Waals surface area contributed by atoms with Crippen molar-refractivity contribution in [2.24, 2.45) is 5.92 Å². The first-order chi connectivity index (χ1) is 10.3. The van der Waals surface area contributed by atoms with Crippen LogP contribution in [0.1, 0.15) is 23.2 Å². The van der Waals surface area contributed by atoms with Gasteiger partial charge >= 0.3 is 5.97 Å². The molecule has 1 aliphatic carbocycles. The second-order valence-corrected chi connectivity index (χ2v) is 5.18. The highest BCUT2D eigenvalue weighted by atomic mass is 16.5. The second-order valence-electron chi connectivity index (χ2n) is 5.18. The van der Waals surface area contributed by atoms with Crippen LogP contribution < -0.4 is 5.32 Å². The van der Waals surface area contributed by atoms with Crippen LogP contribution in [0.4, 0.5) is 5.82 Å². The minimum absolute atomic E-state index is 0.337. The standard InChI is InChI=1S/C16H17N3O2/c1-21-16(20)13-6-4-12(5-7-13)14-8-15(19-10-18-14)17-9-11-2-3-11/h4-8,10-11H,2-3,9H2,1H3,(H,17,18,19). The van der Waals surface area contributed by atoms with Crippen molar-refractivity contribution in [3.63, 3.8) is 0 Å². The fourth-order valence-electron chi connectivity index (χ4n) is 2.08. The number of methoxy groups -OCH3 is 1. The van der Waals surface area contributed by atoms with E-state index in [-0.39, 0.29) is 5.97 Å². The summed E-state index contributed by atoms with van der Waals surface area (Å²) in [4.78, 5) is 19.9. The summed E-state index contributed by atoms with van der Waals surface area (Å²) in [5.74, 6) is 1.29. The Morgan fingerprint density at radius 2 is 2.05 bits per heavy atom. The maximum Gasteiger partial charge on any atom is 0.337 e. The molecule has 0 radical (unpaired) electrons. The lowest BCUT2D eigenvalue weighted by Gasteiger charge is -2.06. The number of carbonyl (C=O) groups is 1. The van der Waals surface area contributed by atoms with E-state index in [9.17, 15) is 4.79 Å². The minimum Gasteiger partial charge on any atom is -0.465 e. The van der Waals surface area contributed by atoms with E-state index in [0.29, 0.717) is 5.56 Å². The van der Waals surface area contributed by atoms with E-state index in [1.165, 1.54) is 20.0 Å². The van der Waals surface area contributed by atoms with Gasteiger partial charge in [0.1, 0.15) is 12.1 Å². The number of nitrogens with one attached hydrogen (secondary N) is 1. The van der Waals surface area contributed by atoms with Gasteiger partial charge in [-0.3, -0.25) is 0 Å². The Hall–Kier alpha value is -2.43. The lowest BCUT2D eigenvalue weighted by molar-refractivity contribution is 0.0601. The molecule has 2 aromatic rings. The molecule has 1 aliphatic rings. The lowest BCUT2D eigenvalue weighted by Crippen LogP contribution is -2.05. The second kappa shape index (κ2) is 5.91. The Morgan fingerprint density at radius 3 is 2.71 bits per heavy atom. The Bertz CT molecular complexity index is 636. The van der Waals surface area contributed by atoms with E-state index in [0.717, 1.165) is 29.5 Å². The first kappa shape index (κ1) is 13.5. The van der Waals surface area contributed by atoms with Crippen molar-refractivity contribution in [3.05, 3.63) is 42.2 Å². The highest BCUT2D eigenvalue weighted by Crippen LogP contribution is 2.29. The molecule has 0 amide bonds. The van der Waals surface area contributed by atoms with E-state index in [2.05, 4.69) is 20.0 Å². The van der Waals surface area contributed by atoms with Crippen molar-refractivity contribution in [1.82, 2.24) is 9.97 Å². The molecule has 0 atom stereocenters. The summed E-state index contributed by atoms with van der Waals surface area (Å²) in [5, 5.41) is 3.33. The molecule has 0 bridgehead atoms. The number of aromatic nitrogens is 2. The third-order valence-electron chi connectivity index (χ3n) is 3.54. The van der Waals surface area contributed by atoms with Crippen molar-refractivity contribution in [2.75, 3.05) is 19.0 Å². The number of nitrogens with zero attached hydrogens (tertiary/aromatic N) is 2. The molecule has 0 spiro atoms. The third-order valence-corrected chi connectivity index (χ3v) is 3.54. The molecular formula is C16H17N3O2. The Balaban J connectivity index is 1.75. The molecule has 0 aliphatic heterocycles. The maximum atomic E-state index is 11.4. The summed E-state index contributed by atoms with van der Waals surface area (Å²) in [6.07, 6.45) is 4.17. The van der Waals surface area contributed by atoms with Crippen molar-refractivity contribution in [3.8, 4) is 11.3 Å². The number of esters is 1. The molecule has 5 nitrogen and oxygen atoms in total. The SMILES string of the molecule is COC(=O)c1ccc(-c2cc(NCC3CC3)ncn2)cc1. The predicted molar refractivity (Wildman–Crippen MR) is 80.0 cm³/mol. The van der Waals surface area contributed by atoms with Gasteiger partial charge in [0.05, 0.1) is 18.4 Å². The van der Waals surface area contributed by atoms with E-state index < -0.39 is 0 Å². The summed E-state index contributed by atoms with van der Waals surface area (Å²) in [7, 11) is 1.37. The number of benzene rings is 1. The van der Waals surface area contributed by atoms with Gasteiger partial charge in [-0.2, -0.15) is 0 Å². The highest BCUT2D eigenvalue weighted by molar-refractivity contribution is 5.89. The molecule has 1 heterocycles. The van der Waals surface area contributed by atoms with Crippen molar-refractivity contribution in [1.29, 1.82) is 0 Å². The van der Waals surface area contributed by atoms with E-state index in [1.807, 2.05) is 18.2 Å². The number of anilines is 1. The molecule has 1 N–H and O–H groups in total. The zero-order valence-corrected chi connectivity index (χ0v) is 11.9. The van der Waals surface area contributed by atoms with Crippen LogP contribution in [0.2, 0.25) is 0 Å². The molecule has 1 saturated carbocycles. The van der Waals surface area contributed by atoms with E-state index in [4.69, 9.17) is 0 Å². The van der Waals surface area contributed by atoms with Crippen LogP contribution in [0, 0.1) is 5.92 Å². The lowest BCUT2D eigenvalue weighted by atomic mass is 10.1. The monoisotopic (exact) mass is 283 g/mol. The minimum atomic E-state index is -0.337. The molecule has 5 heteroatoms. The van der Waals surface area contributed by atoms with Crippen LogP contribution in [0.3, 0.4) is 0 Å². The van der Waals surface area contributed by atoms with Gasteiger partial charge in [-0.1, -0.05) is 12.1 Å². The van der Waals surface area contributed by atoms with Gasteiger partial charge in [-0.25, -0.2) is 14.8 Å². The average molecular weight is 283 g/mol. The number of carbonyl (C=O) groups excluding carboxylic acids is 1. The molecule has 0 unspecified atom stereocenters. The van der Waals surface area contributed by atoms with E-state index >= 15 is 0 Å². The average Bonchev–Trinajstić information content (AvgIpc) is 3.37. The van der Waals surface area contributed by atoms with Gasteiger partial charge in [0.25, 0.3) is 0 Å². The largest absolute Gasteiger partial charge is 0.465 e. The fourth-order valence-corrected chi connectivity index (χ4v) is 2.08. The van der Waals surface area contributed by atoms with Crippen molar-refractivity contribution >= 4 is 11.8 Å². The molecule has 1 aromatic heterocycles. The zero-order chi connectivity index (χ0) is 14.7. The van der Waals surface area contributed by atoms with Gasteiger partial charge in [-0.15, -0.1) is 0 Å². The Kier molecular flexibility index (Phi) is 3.81. The van der Waals surface area contributed by atoms with Gasteiger partial charge in [0, 0.05) is 18.2 Å². The summed E-state index contributed by atoms with van der Waals surface area (Å²) >= 11 is 0. The van der Waals surface area contributed by atoms with Crippen LogP contribution >= 0.6 is 0 Å². The van der Waals surface area contributed by atoms with Crippen molar-refractivity contribution in [2.45, 2.75) is 12.8 Å². The van der Waals surface area contributed by atoms with Gasteiger partial charge in [0.2, 0.25) is 0 Å². The molecule has 3 rings (SSSR count). The number of hydrogen-bond acceptors (Lipinski definition) is 5. The first-order valence-electron chi connectivity index (χ1n) is 7.01. The Morgan fingerprint density at radius 1 is 1.29 bits per heavy atom. The first-order valence-corrected chi connectivity index (χ1v) is 7.01. The molecule has 1 aromatic carbocycles. The van der Waals surface area contributed by atoms with Gasteiger partial charge in [-0.05, 0) is 30.9 Å². The normalized spacial score (nSPS) is 13.8. The highest BCUT2D eigenvalue weighted by Gasteiger charge is 2.20. The number of rotatable bonds is 5. The Labute approximate surface area is 123 Å². The molecule has 0 saturated heterocycles. The van der Waals surface area contributed by atoms with Crippen LogP contribution in [-0.4, -0.2) is 29.6 Å². The molecule has 108 valence electrons. The molecular weight excluding hydrogens is 266 g/mol. The summed E-state index contributed by atoms with van der Waals surface area (Å²) in [6.45, 7) is 0.970.